The van der Waals surface area contributed by atoms with E-state index in [0.29, 0.717) is 0 Å². The summed E-state index contributed by atoms with van der Waals surface area (Å²) in [5.41, 5.74) is 9.34. The highest BCUT2D eigenvalue weighted by Crippen LogP contribution is 2.39. The number of rotatable bonds is 4. The van der Waals surface area contributed by atoms with Gasteiger partial charge in [0.2, 0.25) is 0 Å². The molecule has 0 unspecified atom stereocenters. The van der Waals surface area contributed by atoms with E-state index in [1.165, 1.54) is 11.1 Å². The zero-order valence-electron chi connectivity index (χ0n) is 28.7. The summed E-state index contributed by atoms with van der Waals surface area (Å²) < 4.78 is 46.8. The summed E-state index contributed by atoms with van der Waals surface area (Å²) in [6.45, 7) is 0. The molecule has 0 saturated carbocycles. The molecule has 9 aromatic rings. The maximum absolute atomic E-state index is 8.84. The van der Waals surface area contributed by atoms with Gasteiger partial charge in [0.1, 0.15) is 0 Å². The summed E-state index contributed by atoms with van der Waals surface area (Å²) in [5, 5.41) is 4.09. The first-order valence-electron chi connectivity index (χ1n) is 17.2. The van der Waals surface area contributed by atoms with Crippen LogP contribution >= 0.6 is 0 Å². The third-order valence-corrected chi connectivity index (χ3v) is 8.63. The van der Waals surface area contributed by atoms with Gasteiger partial charge >= 0.3 is 0 Å². The van der Waals surface area contributed by atoms with Gasteiger partial charge in [0.25, 0.3) is 0 Å². The molecule has 0 aliphatic carbocycles. The van der Waals surface area contributed by atoms with Crippen molar-refractivity contribution in [1.82, 2.24) is 9.13 Å². The van der Waals surface area contributed by atoms with Crippen molar-refractivity contribution in [3.8, 4) is 33.6 Å². The Kier molecular flexibility index (Phi) is 4.51. The second-order valence-electron chi connectivity index (χ2n) is 11.1. The molecule has 9 rings (SSSR count). The molecule has 0 aliphatic heterocycles. The van der Waals surface area contributed by atoms with E-state index in [9.17, 15) is 0 Å². The number of fused-ring (bicyclic) bond motifs is 6. The predicted molar refractivity (Wildman–Crippen MR) is 186 cm³/mol. The van der Waals surface area contributed by atoms with Crippen LogP contribution in [0.2, 0.25) is 0 Å². The molecule has 0 bridgehead atoms. The summed E-state index contributed by atoms with van der Waals surface area (Å²) >= 11 is 0. The van der Waals surface area contributed by atoms with Crippen molar-refractivity contribution in [2.24, 2.45) is 0 Å². The molecule has 0 saturated heterocycles. The molecule has 0 atom stereocenters. The molecule has 2 heteroatoms. The summed E-state index contributed by atoms with van der Waals surface area (Å²) in [4.78, 5) is 0. The van der Waals surface area contributed by atoms with Crippen molar-refractivity contribution in [2.75, 3.05) is 0 Å². The highest BCUT2D eigenvalue weighted by atomic mass is 15.0. The van der Waals surface area contributed by atoms with Crippen molar-refractivity contribution in [3.63, 3.8) is 0 Å². The molecule has 2 heterocycles. The fourth-order valence-corrected chi connectivity index (χ4v) is 6.59. The molecule has 0 radical (unpaired) electrons. The molecular formula is C42H28N2. The average molecular weight is 566 g/mol. The van der Waals surface area contributed by atoms with Crippen molar-refractivity contribution in [2.45, 2.75) is 0 Å². The summed E-state index contributed by atoms with van der Waals surface area (Å²) in [5.74, 6) is 0. The van der Waals surface area contributed by atoms with Crippen LogP contribution in [-0.4, -0.2) is 9.13 Å². The number of para-hydroxylation sites is 3. The van der Waals surface area contributed by atoms with Gasteiger partial charge < -0.3 is 9.13 Å². The minimum absolute atomic E-state index is 0.141. The Morgan fingerprint density at radius 1 is 0.341 bits per heavy atom. The molecule has 2 nitrogen and oxygen atoms in total. The monoisotopic (exact) mass is 565 g/mol. The minimum atomic E-state index is -0.405. The van der Waals surface area contributed by atoms with Crippen molar-refractivity contribution in [1.29, 1.82) is 0 Å². The summed E-state index contributed by atoms with van der Waals surface area (Å²) in [6, 6.07) is 46.5. The maximum atomic E-state index is 8.84. The quantitative estimate of drug-likeness (QED) is 0.201. The van der Waals surface area contributed by atoms with E-state index < -0.39 is 6.04 Å². The van der Waals surface area contributed by atoms with E-state index in [-0.39, 0.29) is 29.9 Å². The van der Waals surface area contributed by atoms with Crippen LogP contribution < -0.4 is 0 Å². The first-order valence-corrected chi connectivity index (χ1v) is 14.7. The fourth-order valence-electron chi connectivity index (χ4n) is 6.59. The summed E-state index contributed by atoms with van der Waals surface area (Å²) in [6.07, 6.45) is 0. The van der Waals surface area contributed by atoms with Crippen molar-refractivity contribution in [3.05, 3.63) is 170 Å². The highest BCUT2D eigenvalue weighted by Gasteiger charge is 2.18. The average Bonchev–Trinajstić information content (AvgIpc) is 3.65. The van der Waals surface area contributed by atoms with Gasteiger partial charge in [0, 0.05) is 32.9 Å². The first-order chi connectivity index (χ1) is 23.9. The van der Waals surface area contributed by atoms with E-state index in [2.05, 4.69) is 108 Å². The van der Waals surface area contributed by atoms with Crippen LogP contribution in [0.15, 0.2) is 170 Å². The van der Waals surface area contributed by atoms with E-state index in [1.54, 1.807) is 0 Å². The van der Waals surface area contributed by atoms with Gasteiger partial charge in [-0.1, -0.05) is 121 Å². The number of hydrogen-bond acceptors (Lipinski definition) is 0. The van der Waals surface area contributed by atoms with Gasteiger partial charge in [0.15, 0.2) is 0 Å². The smallest absolute Gasteiger partial charge is 0.0645 e. The van der Waals surface area contributed by atoms with Crippen LogP contribution in [0.25, 0.3) is 77.2 Å². The number of aromatic nitrogens is 2. The lowest BCUT2D eigenvalue weighted by Gasteiger charge is -2.11. The maximum Gasteiger partial charge on any atom is 0.0645 e. The Labute approximate surface area is 262 Å². The largest absolute Gasteiger partial charge is 0.309 e. The first kappa shape index (κ1) is 20.1. The molecule has 206 valence electrons. The Hall–Kier alpha value is -5.86. The van der Waals surface area contributed by atoms with E-state index >= 15 is 0 Å². The number of benzene rings is 7. The van der Waals surface area contributed by atoms with Crippen LogP contribution in [0.4, 0.5) is 0 Å². The molecular weight excluding hydrogens is 532 g/mol. The molecule has 0 amide bonds. The summed E-state index contributed by atoms with van der Waals surface area (Å²) in [7, 11) is 0. The van der Waals surface area contributed by atoms with E-state index in [1.807, 2.05) is 41.0 Å². The van der Waals surface area contributed by atoms with Gasteiger partial charge in [0.05, 0.1) is 28.9 Å². The standard InChI is InChI=1S/C42H28N2/c1-3-11-29(12-4-1)30-19-21-31(22-20-30)32-23-25-34(26-24-32)44-40-18-10-8-16-36(40)38-27-37-35-15-7-9-17-39(35)43(41(37)28-42(38)44)33-13-5-2-6-14-33/h1-28H/i2D,5D,6D,13D,14D. The Balaban J connectivity index is 1.26. The topological polar surface area (TPSA) is 9.86 Å². The predicted octanol–water partition coefficient (Wildman–Crippen LogP) is 11.2. The van der Waals surface area contributed by atoms with Crippen LogP contribution in [0, 0.1) is 0 Å². The van der Waals surface area contributed by atoms with Gasteiger partial charge in [-0.2, -0.15) is 0 Å². The second-order valence-corrected chi connectivity index (χ2v) is 11.1. The van der Waals surface area contributed by atoms with Crippen LogP contribution in [0.1, 0.15) is 6.85 Å². The molecule has 0 spiro atoms. The zero-order chi connectivity index (χ0) is 33.4. The van der Waals surface area contributed by atoms with Crippen molar-refractivity contribution < 1.29 is 6.85 Å². The van der Waals surface area contributed by atoms with Gasteiger partial charge in [-0.05, 0) is 70.7 Å². The normalized spacial score (nSPS) is 13.2. The van der Waals surface area contributed by atoms with Crippen LogP contribution in [0.5, 0.6) is 0 Å². The molecule has 0 fully saturated rings. The number of hydrogen-bond donors (Lipinski definition) is 0. The van der Waals surface area contributed by atoms with E-state index in [4.69, 9.17) is 6.85 Å². The molecule has 0 N–H and O–H groups in total. The SMILES string of the molecule is [2H]c1c([2H])c([2H])c(-n2c3ccccc3c3cc4c5ccccc5n(-c5ccc(-c6ccc(-c7ccccc7)cc6)cc5)c4cc32)c([2H])c1[2H]. The molecule has 2 aromatic heterocycles. The number of nitrogens with zero attached hydrogens (tertiary/aromatic N) is 2. The van der Waals surface area contributed by atoms with Crippen molar-refractivity contribution >= 4 is 43.6 Å². The Morgan fingerprint density at radius 3 is 1.36 bits per heavy atom. The van der Waals surface area contributed by atoms with Gasteiger partial charge in [-0.3, -0.25) is 0 Å². The third kappa shape index (κ3) is 3.82. The Bertz CT molecular complexity index is 2710. The van der Waals surface area contributed by atoms with Crippen LogP contribution in [0.3, 0.4) is 0 Å². The second kappa shape index (κ2) is 9.86. The highest BCUT2D eigenvalue weighted by molar-refractivity contribution is 6.19. The molecule has 0 aliphatic rings. The molecule has 7 aromatic carbocycles. The van der Waals surface area contributed by atoms with Gasteiger partial charge in [-0.15, -0.1) is 0 Å². The van der Waals surface area contributed by atoms with Gasteiger partial charge in [-0.25, -0.2) is 0 Å². The fraction of sp³-hybridized carbons (Fsp3) is 0. The van der Waals surface area contributed by atoms with Crippen LogP contribution in [-0.2, 0) is 0 Å². The lowest BCUT2D eigenvalue weighted by Crippen LogP contribution is -1.95. The zero-order valence-corrected chi connectivity index (χ0v) is 23.7. The third-order valence-electron chi connectivity index (χ3n) is 8.63. The Morgan fingerprint density at radius 2 is 0.795 bits per heavy atom. The van der Waals surface area contributed by atoms with E-state index in [0.717, 1.165) is 60.4 Å². The lowest BCUT2D eigenvalue weighted by atomic mass is 10.0. The molecule has 44 heavy (non-hydrogen) atoms. The lowest BCUT2D eigenvalue weighted by molar-refractivity contribution is 1.16. The minimum Gasteiger partial charge on any atom is -0.309 e.